The summed E-state index contributed by atoms with van der Waals surface area (Å²) < 4.78 is 53.6. The van der Waals surface area contributed by atoms with E-state index in [-0.39, 0.29) is 11.3 Å². The van der Waals surface area contributed by atoms with Gasteiger partial charge < -0.3 is 5.32 Å². The third-order valence-electron chi connectivity index (χ3n) is 4.57. The van der Waals surface area contributed by atoms with Crippen LogP contribution in [0.2, 0.25) is 0 Å². The summed E-state index contributed by atoms with van der Waals surface area (Å²) in [5, 5.41) is 9.80. The average molecular weight is 442 g/mol. The van der Waals surface area contributed by atoms with Gasteiger partial charge in [0.15, 0.2) is 5.82 Å². The highest BCUT2D eigenvalue weighted by Gasteiger charge is 2.36. The lowest BCUT2D eigenvalue weighted by atomic mass is 10.0. The van der Waals surface area contributed by atoms with Crippen molar-refractivity contribution in [3.8, 4) is 16.9 Å². The maximum absolute atomic E-state index is 13.5. The standard InChI is InChI=1S/C21H14F4N6O/c1-12-8-13(14-3-5-18(22)26-10-14)2-4-16(12)20(32)30-15-9-17(21(23,24)25)19(27-11-15)31-28-6-7-29-31/h2-11H,1H3,(H,30,32). The molecule has 0 spiro atoms. The molecular formula is C21H14F4N6O. The predicted molar refractivity (Wildman–Crippen MR) is 106 cm³/mol. The first-order chi connectivity index (χ1) is 15.2. The van der Waals surface area contributed by atoms with Crippen molar-refractivity contribution in [1.82, 2.24) is 25.0 Å². The van der Waals surface area contributed by atoms with Crippen molar-refractivity contribution in [2.24, 2.45) is 0 Å². The van der Waals surface area contributed by atoms with Gasteiger partial charge in [0.2, 0.25) is 5.95 Å². The number of anilines is 1. The van der Waals surface area contributed by atoms with Gasteiger partial charge in [0.05, 0.1) is 24.3 Å². The number of amides is 1. The second kappa shape index (κ2) is 8.17. The van der Waals surface area contributed by atoms with Crippen molar-refractivity contribution in [3.63, 3.8) is 0 Å². The van der Waals surface area contributed by atoms with Crippen LogP contribution in [0.15, 0.2) is 61.2 Å². The number of carbonyl (C=O) groups excluding carboxylic acids is 1. The van der Waals surface area contributed by atoms with Crippen LogP contribution in [0.5, 0.6) is 0 Å². The van der Waals surface area contributed by atoms with Crippen LogP contribution in [-0.4, -0.2) is 30.9 Å². The lowest BCUT2D eigenvalue weighted by molar-refractivity contribution is -0.137. The van der Waals surface area contributed by atoms with Gasteiger partial charge in [0, 0.05) is 17.3 Å². The van der Waals surface area contributed by atoms with Gasteiger partial charge >= 0.3 is 6.18 Å². The molecule has 162 valence electrons. The van der Waals surface area contributed by atoms with Crippen LogP contribution in [0.1, 0.15) is 21.5 Å². The van der Waals surface area contributed by atoms with Crippen molar-refractivity contribution in [2.45, 2.75) is 13.1 Å². The minimum absolute atomic E-state index is 0.135. The number of aromatic nitrogens is 5. The molecule has 0 aliphatic carbocycles. The molecule has 0 aliphatic rings. The van der Waals surface area contributed by atoms with Gasteiger partial charge in [-0.25, -0.2) is 9.97 Å². The summed E-state index contributed by atoms with van der Waals surface area (Å²) in [7, 11) is 0. The second-order valence-corrected chi connectivity index (χ2v) is 6.76. The molecule has 4 aromatic rings. The van der Waals surface area contributed by atoms with E-state index in [1.54, 1.807) is 25.1 Å². The Morgan fingerprint density at radius 3 is 2.31 bits per heavy atom. The van der Waals surface area contributed by atoms with E-state index in [1.807, 2.05) is 0 Å². The van der Waals surface area contributed by atoms with E-state index in [1.165, 1.54) is 30.7 Å². The first-order valence-electron chi connectivity index (χ1n) is 9.20. The van der Waals surface area contributed by atoms with Gasteiger partial charge in [-0.05, 0) is 42.3 Å². The van der Waals surface area contributed by atoms with E-state index in [9.17, 15) is 22.4 Å². The number of rotatable bonds is 4. The monoisotopic (exact) mass is 442 g/mol. The van der Waals surface area contributed by atoms with Crippen LogP contribution in [0.25, 0.3) is 16.9 Å². The van der Waals surface area contributed by atoms with Crippen molar-refractivity contribution < 1.29 is 22.4 Å². The third kappa shape index (κ3) is 4.31. The number of benzene rings is 1. The Balaban J connectivity index is 1.60. The van der Waals surface area contributed by atoms with E-state index in [2.05, 4.69) is 25.5 Å². The zero-order valence-electron chi connectivity index (χ0n) is 16.4. The summed E-state index contributed by atoms with van der Waals surface area (Å²) in [5.74, 6) is -1.72. The van der Waals surface area contributed by atoms with Gasteiger partial charge in [-0.1, -0.05) is 12.1 Å². The van der Waals surface area contributed by atoms with Gasteiger partial charge in [0.1, 0.15) is 5.56 Å². The van der Waals surface area contributed by atoms with Crippen molar-refractivity contribution in [1.29, 1.82) is 0 Å². The van der Waals surface area contributed by atoms with Gasteiger partial charge in [-0.15, -0.1) is 4.80 Å². The van der Waals surface area contributed by atoms with Crippen LogP contribution in [-0.2, 0) is 6.18 Å². The summed E-state index contributed by atoms with van der Waals surface area (Å²) in [5.41, 5.74) is 0.972. The molecule has 0 atom stereocenters. The molecule has 0 fully saturated rings. The Hall–Kier alpha value is -4.15. The smallest absolute Gasteiger partial charge is 0.321 e. The molecule has 32 heavy (non-hydrogen) atoms. The Labute approximate surface area is 178 Å². The van der Waals surface area contributed by atoms with E-state index in [0.717, 1.165) is 17.1 Å². The van der Waals surface area contributed by atoms with E-state index in [4.69, 9.17) is 0 Å². The SMILES string of the molecule is Cc1cc(-c2ccc(F)nc2)ccc1C(=O)Nc1cnc(-n2nccn2)c(C(F)(F)F)c1. The summed E-state index contributed by atoms with van der Waals surface area (Å²) >= 11 is 0. The highest BCUT2D eigenvalue weighted by molar-refractivity contribution is 6.05. The fraction of sp³-hybridized carbons (Fsp3) is 0.0952. The molecule has 0 unspecified atom stereocenters. The van der Waals surface area contributed by atoms with Gasteiger partial charge in [0.25, 0.3) is 5.91 Å². The normalized spacial score (nSPS) is 11.4. The predicted octanol–water partition coefficient (Wildman–Crippen LogP) is 4.44. The summed E-state index contributed by atoms with van der Waals surface area (Å²) in [6.07, 6.45) is 0.180. The van der Waals surface area contributed by atoms with Crippen LogP contribution < -0.4 is 5.32 Å². The molecule has 0 saturated heterocycles. The Morgan fingerprint density at radius 2 is 1.69 bits per heavy atom. The van der Waals surface area contributed by atoms with Crippen LogP contribution >= 0.6 is 0 Å². The average Bonchev–Trinajstić information content (AvgIpc) is 3.28. The molecule has 0 radical (unpaired) electrons. The summed E-state index contributed by atoms with van der Waals surface area (Å²) in [6, 6.07) is 8.43. The Kier molecular flexibility index (Phi) is 5.39. The number of nitrogens with zero attached hydrogens (tertiary/aromatic N) is 5. The van der Waals surface area contributed by atoms with Gasteiger partial charge in [-0.2, -0.15) is 27.8 Å². The molecule has 1 aromatic carbocycles. The Morgan fingerprint density at radius 1 is 0.969 bits per heavy atom. The second-order valence-electron chi connectivity index (χ2n) is 6.76. The van der Waals surface area contributed by atoms with Crippen molar-refractivity contribution in [2.75, 3.05) is 5.32 Å². The molecule has 0 aliphatic heterocycles. The lowest BCUT2D eigenvalue weighted by Crippen LogP contribution is -2.17. The number of pyridine rings is 2. The van der Waals surface area contributed by atoms with Crippen LogP contribution in [0.4, 0.5) is 23.2 Å². The molecule has 7 nitrogen and oxygen atoms in total. The summed E-state index contributed by atoms with van der Waals surface area (Å²) in [4.78, 5) is 20.8. The van der Waals surface area contributed by atoms with E-state index >= 15 is 0 Å². The van der Waals surface area contributed by atoms with Gasteiger partial charge in [-0.3, -0.25) is 4.79 Å². The number of aryl methyl sites for hydroxylation is 1. The minimum Gasteiger partial charge on any atom is -0.321 e. The molecule has 1 amide bonds. The summed E-state index contributed by atoms with van der Waals surface area (Å²) in [6.45, 7) is 1.68. The maximum atomic E-state index is 13.5. The first kappa shape index (κ1) is 21.1. The molecular weight excluding hydrogens is 428 g/mol. The van der Waals surface area contributed by atoms with Crippen molar-refractivity contribution in [3.05, 3.63) is 83.8 Å². The molecule has 3 heterocycles. The lowest BCUT2D eigenvalue weighted by Gasteiger charge is -2.14. The minimum atomic E-state index is -4.74. The fourth-order valence-electron chi connectivity index (χ4n) is 3.06. The topological polar surface area (TPSA) is 85.6 Å². The van der Waals surface area contributed by atoms with Crippen LogP contribution in [0.3, 0.4) is 0 Å². The fourth-order valence-corrected chi connectivity index (χ4v) is 3.06. The number of carbonyl (C=O) groups is 1. The molecule has 1 N–H and O–H groups in total. The third-order valence-corrected chi connectivity index (χ3v) is 4.57. The largest absolute Gasteiger partial charge is 0.420 e. The van der Waals surface area contributed by atoms with E-state index < -0.39 is 29.4 Å². The first-order valence-corrected chi connectivity index (χ1v) is 9.20. The number of alkyl halides is 3. The number of hydrogen-bond donors (Lipinski definition) is 1. The van der Waals surface area contributed by atoms with Crippen molar-refractivity contribution >= 4 is 11.6 Å². The number of hydrogen-bond acceptors (Lipinski definition) is 5. The highest BCUT2D eigenvalue weighted by Crippen LogP contribution is 2.34. The maximum Gasteiger partial charge on any atom is 0.420 e. The quantitative estimate of drug-likeness (QED) is 0.373. The number of halogens is 4. The number of nitrogens with one attached hydrogen (secondary N) is 1. The Bertz CT molecular complexity index is 1270. The van der Waals surface area contributed by atoms with Crippen LogP contribution in [0, 0.1) is 12.9 Å². The molecule has 0 saturated carbocycles. The zero-order valence-corrected chi connectivity index (χ0v) is 16.4. The highest BCUT2D eigenvalue weighted by atomic mass is 19.4. The molecule has 11 heteroatoms. The zero-order chi connectivity index (χ0) is 22.9. The van der Waals surface area contributed by atoms with E-state index in [0.29, 0.717) is 16.7 Å². The molecule has 4 rings (SSSR count). The molecule has 3 aromatic heterocycles. The molecule has 0 bridgehead atoms.